The minimum Gasteiger partial charge on any atom is -0.488 e. The van der Waals surface area contributed by atoms with E-state index in [9.17, 15) is 10.1 Å². The van der Waals surface area contributed by atoms with Crippen molar-refractivity contribution < 1.29 is 9.95 Å². The molecule has 2 aromatic carbocycles. The Hall–Kier alpha value is -3.90. The first-order chi connectivity index (χ1) is 15.3. The molecule has 0 saturated carbocycles. The van der Waals surface area contributed by atoms with Gasteiger partial charge in [-0.2, -0.15) is 10.4 Å². The molecule has 0 aliphatic rings. The van der Waals surface area contributed by atoms with E-state index in [0.717, 1.165) is 22.4 Å². The number of nitriles is 1. The predicted octanol–water partition coefficient (Wildman–Crippen LogP) is 2.51. The van der Waals surface area contributed by atoms with Crippen LogP contribution in [0.1, 0.15) is 22.4 Å². The van der Waals surface area contributed by atoms with Gasteiger partial charge in [-0.05, 0) is 49.7 Å². The number of nitrogens with zero attached hydrogens (tertiary/aromatic N) is 6. The molecule has 0 spiro atoms. The van der Waals surface area contributed by atoms with E-state index in [1.807, 2.05) is 32.0 Å². The Labute approximate surface area is 189 Å². The van der Waals surface area contributed by atoms with Gasteiger partial charge in [-0.1, -0.05) is 32.2 Å². The lowest BCUT2D eigenvalue weighted by Crippen LogP contribution is -2.29. The number of benzene rings is 2. The zero-order chi connectivity index (χ0) is 23.0. The smallest absolute Gasteiger partial charge is 0.473 e. The molecule has 1 N–H and O–H groups in total. The van der Waals surface area contributed by atoms with Crippen LogP contribution in [0.2, 0.25) is 5.02 Å². The van der Waals surface area contributed by atoms with E-state index in [1.165, 1.54) is 9.36 Å². The van der Waals surface area contributed by atoms with Crippen molar-refractivity contribution in [1.29, 1.82) is 5.26 Å². The summed E-state index contributed by atoms with van der Waals surface area (Å²) in [4.78, 5) is 12.3. The van der Waals surface area contributed by atoms with E-state index < -0.39 is 0 Å². The molecule has 10 heteroatoms. The van der Waals surface area contributed by atoms with Gasteiger partial charge in [-0.3, -0.25) is 4.68 Å². The molecule has 9 nitrogen and oxygen atoms in total. The number of halogens is 1. The topological polar surface area (TPSA) is 105 Å². The maximum absolute atomic E-state index is 12.3. The monoisotopic (exact) mass is 450 g/mol. The average molecular weight is 451 g/mol. The molecule has 4 aromatic rings. The number of hydrogen-bond donors (Lipinski definition) is 0. The second-order valence-corrected chi connectivity index (χ2v) is 7.81. The number of rotatable bonds is 5. The normalized spacial score (nSPS) is 10.9. The minimum absolute atomic E-state index is 0.158. The van der Waals surface area contributed by atoms with E-state index in [-0.39, 0.29) is 12.3 Å². The summed E-state index contributed by atoms with van der Waals surface area (Å²) in [6, 6.07) is 13.2. The summed E-state index contributed by atoms with van der Waals surface area (Å²) >= 11 is 6.42. The van der Waals surface area contributed by atoms with Crippen LogP contribution in [0.25, 0.3) is 16.9 Å². The highest BCUT2D eigenvalue weighted by Crippen LogP contribution is 2.30. The SMILES string of the molecule is Cc1cc(-c2nn(C)c(C#N)c2C)ccc1OCc1c(Cl)cccc1-n1[nH+]nn(C)c1=O. The second kappa shape index (κ2) is 8.32. The summed E-state index contributed by atoms with van der Waals surface area (Å²) in [6.45, 7) is 3.98. The van der Waals surface area contributed by atoms with Crippen molar-refractivity contribution >= 4 is 11.6 Å². The Morgan fingerprint density at radius 1 is 1.19 bits per heavy atom. The number of aromatic amines is 1. The van der Waals surface area contributed by atoms with Crippen molar-refractivity contribution in [3.63, 3.8) is 0 Å². The highest BCUT2D eigenvalue weighted by atomic mass is 35.5. The van der Waals surface area contributed by atoms with Gasteiger partial charge in [-0.25, -0.2) is 4.79 Å². The molecule has 0 aliphatic carbocycles. The van der Waals surface area contributed by atoms with Gasteiger partial charge in [0.05, 0.1) is 5.69 Å². The lowest BCUT2D eigenvalue weighted by Gasteiger charge is -2.13. The zero-order valence-electron chi connectivity index (χ0n) is 18.0. The third-order valence-electron chi connectivity index (χ3n) is 5.31. The summed E-state index contributed by atoms with van der Waals surface area (Å²) in [6.07, 6.45) is 0. The minimum atomic E-state index is -0.323. The highest BCUT2D eigenvalue weighted by Gasteiger charge is 2.19. The third-order valence-corrected chi connectivity index (χ3v) is 5.66. The van der Waals surface area contributed by atoms with Gasteiger partial charge in [0.1, 0.15) is 42.1 Å². The molecule has 2 heterocycles. The standard InChI is InChI=1S/C22H20ClN7O2/c1-13-10-15(21-14(2)19(11-24)28(3)25-21)8-9-20(13)32-12-16-17(23)6-5-7-18(16)30-22(31)29(4)26-27-30/h5-10H,12H2,1-4H3/p+1. The highest BCUT2D eigenvalue weighted by molar-refractivity contribution is 6.31. The van der Waals surface area contributed by atoms with Crippen molar-refractivity contribution in [1.82, 2.24) is 24.4 Å². The summed E-state index contributed by atoms with van der Waals surface area (Å²) in [7, 11) is 3.31. The Kier molecular flexibility index (Phi) is 5.55. The number of nitrogens with one attached hydrogen (secondary N) is 1. The van der Waals surface area contributed by atoms with Crippen LogP contribution in [0.15, 0.2) is 41.2 Å². The molecule has 2 aromatic heterocycles. The number of H-pyrrole nitrogens is 1. The Balaban J connectivity index is 1.63. The van der Waals surface area contributed by atoms with E-state index in [2.05, 4.69) is 21.6 Å². The fraction of sp³-hybridized carbons (Fsp3) is 0.227. The summed E-state index contributed by atoms with van der Waals surface area (Å²) < 4.78 is 10.2. The quantitative estimate of drug-likeness (QED) is 0.464. The van der Waals surface area contributed by atoms with Crippen LogP contribution in [0.5, 0.6) is 5.75 Å². The summed E-state index contributed by atoms with van der Waals surface area (Å²) in [5, 5.41) is 20.8. The van der Waals surface area contributed by atoms with Gasteiger partial charge in [0.15, 0.2) is 0 Å². The number of tetrazole rings is 1. The van der Waals surface area contributed by atoms with Gasteiger partial charge < -0.3 is 4.74 Å². The van der Waals surface area contributed by atoms with Gasteiger partial charge >= 0.3 is 5.69 Å². The molecular formula is C22H21ClN7O2+. The molecule has 0 fully saturated rings. The summed E-state index contributed by atoms with van der Waals surface area (Å²) in [5.74, 6) is 0.677. The molecule has 0 saturated heterocycles. The largest absolute Gasteiger partial charge is 0.488 e. The first kappa shape index (κ1) is 21.3. The fourth-order valence-electron chi connectivity index (χ4n) is 3.57. The van der Waals surface area contributed by atoms with Gasteiger partial charge in [0.25, 0.3) is 0 Å². The second-order valence-electron chi connectivity index (χ2n) is 7.41. The van der Waals surface area contributed by atoms with Crippen molar-refractivity contribution in [3.05, 3.63) is 74.3 Å². The van der Waals surface area contributed by atoms with Gasteiger partial charge in [0.2, 0.25) is 0 Å². The third kappa shape index (κ3) is 3.65. The maximum atomic E-state index is 12.3. The van der Waals surface area contributed by atoms with E-state index in [4.69, 9.17) is 16.3 Å². The number of aryl methyl sites for hydroxylation is 3. The lowest BCUT2D eigenvalue weighted by molar-refractivity contribution is -0.546. The molecule has 0 amide bonds. The van der Waals surface area contributed by atoms with E-state index in [1.54, 1.807) is 37.0 Å². The fourth-order valence-corrected chi connectivity index (χ4v) is 3.79. The van der Waals surface area contributed by atoms with Crippen LogP contribution in [0, 0.1) is 25.2 Å². The first-order valence-corrected chi connectivity index (χ1v) is 10.2. The molecular weight excluding hydrogens is 430 g/mol. The van der Waals surface area contributed by atoms with Crippen molar-refractivity contribution in [2.75, 3.05) is 0 Å². The van der Waals surface area contributed by atoms with Crippen molar-refractivity contribution in [2.24, 2.45) is 14.1 Å². The van der Waals surface area contributed by atoms with E-state index >= 15 is 0 Å². The van der Waals surface area contributed by atoms with Crippen LogP contribution in [0.4, 0.5) is 0 Å². The Morgan fingerprint density at radius 2 is 1.97 bits per heavy atom. The van der Waals surface area contributed by atoms with Crippen LogP contribution < -0.4 is 15.6 Å². The number of aromatic nitrogens is 6. The first-order valence-electron chi connectivity index (χ1n) is 9.80. The zero-order valence-corrected chi connectivity index (χ0v) is 18.8. The average Bonchev–Trinajstić information content (AvgIpc) is 3.25. The molecule has 162 valence electrons. The Morgan fingerprint density at radius 3 is 2.59 bits per heavy atom. The molecule has 32 heavy (non-hydrogen) atoms. The number of hydrogen-bond acceptors (Lipinski definition) is 5. The van der Waals surface area contributed by atoms with Gasteiger partial charge in [0, 0.05) is 28.8 Å². The lowest BCUT2D eigenvalue weighted by atomic mass is 10.0. The van der Waals surface area contributed by atoms with Crippen LogP contribution in [-0.4, -0.2) is 24.4 Å². The molecule has 0 bridgehead atoms. The molecule has 4 rings (SSSR count). The van der Waals surface area contributed by atoms with Gasteiger partial charge in [-0.15, -0.1) is 0 Å². The van der Waals surface area contributed by atoms with Crippen LogP contribution in [-0.2, 0) is 20.7 Å². The van der Waals surface area contributed by atoms with Crippen LogP contribution in [0.3, 0.4) is 0 Å². The van der Waals surface area contributed by atoms with Crippen molar-refractivity contribution in [3.8, 4) is 28.8 Å². The molecule has 0 unspecified atom stereocenters. The van der Waals surface area contributed by atoms with E-state index in [0.29, 0.717) is 27.7 Å². The Bertz CT molecular complexity index is 1430. The maximum Gasteiger partial charge on any atom is 0.473 e. The molecule has 0 atom stereocenters. The summed E-state index contributed by atoms with van der Waals surface area (Å²) in [5.41, 5.74) is 4.84. The molecule has 0 radical (unpaired) electrons. The van der Waals surface area contributed by atoms with Crippen molar-refractivity contribution in [2.45, 2.75) is 20.5 Å². The number of ether oxygens (including phenoxy) is 1. The predicted molar refractivity (Wildman–Crippen MR) is 118 cm³/mol. The van der Waals surface area contributed by atoms with Crippen LogP contribution >= 0.6 is 11.6 Å². The molecule has 0 aliphatic heterocycles.